The maximum Gasteiger partial charge on any atom is 0.416 e. The first-order chi connectivity index (χ1) is 10.3. The highest BCUT2D eigenvalue weighted by atomic mass is 19.4. The molecule has 0 heterocycles. The van der Waals surface area contributed by atoms with Crippen LogP contribution in [-0.4, -0.2) is 23.7 Å². The monoisotopic (exact) mass is 315 g/mol. The van der Waals surface area contributed by atoms with Crippen LogP contribution in [0.3, 0.4) is 0 Å². The van der Waals surface area contributed by atoms with Gasteiger partial charge in [-0.2, -0.15) is 13.2 Å². The lowest BCUT2D eigenvalue weighted by Gasteiger charge is -2.41. The van der Waals surface area contributed by atoms with Crippen LogP contribution in [0.15, 0.2) is 24.3 Å². The van der Waals surface area contributed by atoms with Gasteiger partial charge in [0.05, 0.1) is 23.6 Å². The first kappa shape index (κ1) is 16.8. The third kappa shape index (κ3) is 3.11. The number of carbonyl (C=O) groups excluding carboxylic acids is 1. The number of aliphatic hydroxyl groups excluding tert-OH is 1. The molecule has 0 aliphatic heterocycles. The van der Waals surface area contributed by atoms with Crippen LogP contribution in [0.5, 0.6) is 0 Å². The molecular formula is C16H20F3NO2. The van der Waals surface area contributed by atoms with E-state index in [2.05, 4.69) is 5.32 Å². The lowest BCUT2D eigenvalue weighted by Crippen LogP contribution is -2.52. The summed E-state index contributed by atoms with van der Waals surface area (Å²) in [5.74, 6) is -0.293. The summed E-state index contributed by atoms with van der Waals surface area (Å²) >= 11 is 0. The maximum absolute atomic E-state index is 12.9. The van der Waals surface area contributed by atoms with Crippen LogP contribution in [0, 0.1) is 0 Å². The number of carbonyl (C=O) groups is 1. The van der Waals surface area contributed by atoms with Gasteiger partial charge in [-0.15, -0.1) is 0 Å². The number of hydrogen-bond donors (Lipinski definition) is 2. The summed E-state index contributed by atoms with van der Waals surface area (Å²) in [4.78, 5) is 12.5. The Labute approximate surface area is 127 Å². The van der Waals surface area contributed by atoms with Crippen molar-refractivity contribution in [3.05, 3.63) is 35.4 Å². The number of alkyl halides is 3. The van der Waals surface area contributed by atoms with E-state index in [9.17, 15) is 23.1 Å². The molecule has 0 radical (unpaired) electrons. The summed E-state index contributed by atoms with van der Waals surface area (Å²) < 4.78 is 38.6. The van der Waals surface area contributed by atoms with Gasteiger partial charge in [0.15, 0.2) is 0 Å². The van der Waals surface area contributed by atoms with Gasteiger partial charge in [0.25, 0.3) is 0 Å². The Kier molecular flexibility index (Phi) is 4.80. The largest absolute Gasteiger partial charge is 0.416 e. The van der Waals surface area contributed by atoms with E-state index in [0.29, 0.717) is 24.8 Å². The predicted molar refractivity (Wildman–Crippen MR) is 76.3 cm³/mol. The van der Waals surface area contributed by atoms with Gasteiger partial charge < -0.3 is 10.4 Å². The van der Waals surface area contributed by atoms with Crippen molar-refractivity contribution in [2.45, 2.75) is 50.2 Å². The van der Waals surface area contributed by atoms with Crippen molar-refractivity contribution in [1.29, 1.82) is 0 Å². The molecule has 1 amide bonds. The number of aliphatic hydroxyl groups is 1. The molecular weight excluding hydrogens is 295 g/mol. The van der Waals surface area contributed by atoms with Crippen molar-refractivity contribution in [3.63, 3.8) is 0 Å². The Bertz CT molecular complexity index is 534. The van der Waals surface area contributed by atoms with Gasteiger partial charge in [-0.25, -0.2) is 0 Å². The number of nitrogens with one attached hydrogen (secondary N) is 1. The molecule has 0 bridgehead atoms. The molecule has 1 aromatic carbocycles. The molecule has 1 saturated carbocycles. The molecule has 1 aliphatic carbocycles. The molecule has 1 unspecified atom stereocenters. The number of rotatable bonds is 5. The average molecular weight is 315 g/mol. The molecule has 0 saturated heterocycles. The van der Waals surface area contributed by atoms with Crippen LogP contribution in [0.4, 0.5) is 13.2 Å². The average Bonchev–Trinajstić information content (AvgIpc) is 2.43. The summed E-state index contributed by atoms with van der Waals surface area (Å²) in [6.07, 6.45) is -1.99. The fourth-order valence-corrected chi connectivity index (χ4v) is 2.77. The SMILES string of the molecule is CCC(CO)NC(=O)C1(c2cccc(C(F)(F)F)c2)CCC1. The van der Waals surface area contributed by atoms with Crippen molar-refractivity contribution in [1.82, 2.24) is 5.32 Å². The predicted octanol–water partition coefficient (Wildman–Crippen LogP) is 3.01. The van der Waals surface area contributed by atoms with Gasteiger partial charge in [0, 0.05) is 0 Å². The maximum atomic E-state index is 12.9. The Hall–Kier alpha value is -1.56. The van der Waals surface area contributed by atoms with Crippen LogP contribution in [-0.2, 0) is 16.4 Å². The number of hydrogen-bond acceptors (Lipinski definition) is 2. The van der Waals surface area contributed by atoms with E-state index in [-0.39, 0.29) is 18.6 Å². The third-order valence-corrected chi connectivity index (χ3v) is 4.43. The quantitative estimate of drug-likeness (QED) is 0.877. The van der Waals surface area contributed by atoms with E-state index in [1.54, 1.807) is 6.07 Å². The normalized spacial score (nSPS) is 18.4. The van der Waals surface area contributed by atoms with Gasteiger partial charge in [0.1, 0.15) is 0 Å². The van der Waals surface area contributed by atoms with Gasteiger partial charge in [0.2, 0.25) is 5.91 Å². The molecule has 6 heteroatoms. The molecule has 0 spiro atoms. The van der Waals surface area contributed by atoms with Gasteiger partial charge >= 0.3 is 6.18 Å². The molecule has 0 aromatic heterocycles. The Morgan fingerprint density at radius 3 is 2.55 bits per heavy atom. The summed E-state index contributed by atoms with van der Waals surface area (Å²) in [7, 11) is 0. The Morgan fingerprint density at radius 1 is 1.41 bits per heavy atom. The summed E-state index contributed by atoms with van der Waals surface area (Å²) in [5, 5.41) is 11.9. The van der Waals surface area contributed by atoms with Crippen molar-refractivity contribution >= 4 is 5.91 Å². The van der Waals surface area contributed by atoms with Gasteiger partial charge in [-0.1, -0.05) is 31.5 Å². The van der Waals surface area contributed by atoms with Crippen LogP contribution < -0.4 is 5.32 Å². The van der Waals surface area contributed by atoms with E-state index in [0.717, 1.165) is 18.6 Å². The second-order valence-electron chi connectivity index (χ2n) is 5.78. The standard InChI is InChI=1S/C16H20F3NO2/c1-2-13(10-21)20-14(22)15(7-4-8-15)11-5-3-6-12(9-11)16(17,18)19/h3,5-6,9,13,21H,2,4,7-8,10H2,1H3,(H,20,22). The van der Waals surface area contributed by atoms with E-state index < -0.39 is 17.2 Å². The Balaban J connectivity index is 2.29. The van der Waals surface area contributed by atoms with Crippen LogP contribution in [0.1, 0.15) is 43.7 Å². The topological polar surface area (TPSA) is 49.3 Å². The fraction of sp³-hybridized carbons (Fsp3) is 0.562. The van der Waals surface area contributed by atoms with Crippen molar-refractivity contribution in [3.8, 4) is 0 Å². The number of amides is 1. The number of halogens is 3. The number of benzene rings is 1. The highest BCUT2D eigenvalue weighted by molar-refractivity contribution is 5.89. The molecule has 2 N–H and O–H groups in total. The minimum absolute atomic E-state index is 0.180. The molecule has 1 fully saturated rings. The molecule has 22 heavy (non-hydrogen) atoms. The van der Waals surface area contributed by atoms with Crippen molar-refractivity contribution in [2.24, 2.45) is 0 Å². The molecule has 2 rings (SSSR count). The zero-order chi connectivity index (χ0) is 16.4. The van der Waals surface area contributed by atoms with Crippen LogP contribution in [0.2, 0.25) is 0 Å². The van der Waals surface area contributed by atoms with E-state index in [4.69, 9.17) is 0 Å². The second-order valence-corrected chi connectivity index (χ2v) is 5.78. The highest BCUT2D eigenvalue weighted by Gasteiger charge is 2.46. The van der Waals surface area contributed by atoms with Crippen molar-refractivity contribution < 1.29 is 23.1 Å². The minimum atomic E-state index is -4.42. The van der Waals surface area contributed by atoms with E-state index >= 15 is 0 Å². The lowest BCUT2D eigenvalue weighted by molar-refractivity contribution is -0.138. The first-order valence-electron chi connectivity index (χ1n) is 7.43. The van der Waals surface area contributed by atoms with Crippen LogP contribution in [0.25, 0.3) is 0 Å². The second kappa shape index (κ2) is 6.28. The zero-order valence-electron chi connectivity index (χ0n) is 12.4. The van der Waals surface area contributed by atoms with E-state index in [1.165, 1.54) is 6.07 Å². The van der Waals surface area contributed by atoms with Crippen molar-refractivity contribution in [2.75, 3.05) is 6.61 Å². The highest BCUT2D eigenvalue weighted by Crippen LogP contribution is 2.45. The van der Waals surface area contributed by atoms with Crippen LogP contribution >= 0.6 is 0 Å². The van der Waals surface area contributed by atoms with E-state index in [1.807, 2.05) is 6.92 Å². The molecule has 1 aromatic rings. The molecule has 3 nitrogen and oxygen atoms in total. The smallest absolute Gasteiger partial charge is 0.394 e. The first-order valence-corrected chi connectivity index (χ1v) is 7.43. The van der Waals surface area contributed by atoms with Gasteiger partial charge in [-0.3, -0.25) is 4.79 Å². The molecule has 1 aliphatic rings. The minimum Gasteiger partial charge on any atom is -0.394 e. The lowest BCUT2D eigenvalue weighted by atomic mass is 9.63. The summed E-state index contributed by atoms with van der Waals surface area (Å²) in [5.41, 5.74) is -1.23. The summed E-state index contributed by atoms with van der Waals surface area (Å²) in [6.45, 7) is 1.65. The Morgan fingerprint density at radius 2 is 2.09 bits per heavy atom. The van der Waals surface area contributed by atoms with Gasteiger partial charge in [-0.05, 0) is 30.9 Å². The fourth-order valence-electron chi connectivity index (χ4n) is 2.77. The summed E-state index contributed by atoms with van der Waals surface area (Å²) in [6, 6.07) is 4.63. The molecule has 1 atom stereocenters. The zero-order valence-corrected chi connectivity index (χ0v) is 12.4. The molecule has 122 valence electrons. The third-order valence-electron chi connectivity index (χ3n) is 4.43.